The largest absolute Gasteiger partial charge is 0.370 e. The Morgan fingerprint density at radius 2 is 2.05 bits per heavy atom. The highest BCUT2D eigenvalue weighted by atomic mass is 35.5. The lowest BCUT2D eigenvalue weighted by molar-refractivity contribution is -0.118. The van der Waals surface area contributed by atoms with Gasteiger partial charge in [-0.15, -0.1) is 0 Å². The summed E-state index contributed by atoms with van der Waals surface area (Å²) in [6.07, 6.45) is 4.18. The zero-order valence-corrected chi connectivity index (χ0v) is 13.4. The number of nitrogens with zero attached hydrogens (tertiary/aromatic N) is 3. The Hall–Kier alpha value is -1.59. The Kier molecular flexibility index (Phi) is 4.36. The third-order valence-electron chi connectivity index (χ3n) is 3.90. The maximum absolute atomic E-state index is 11.1. The first kappa shape index (κ1) is 15.3. The van der Waals surface area contributed by atoms with Crippen molar-refractivity contribution in [2.24, 2.45) is 11.7 Å². The highest BCUT2D eigenvalue weighted by Crippen LogP contribution is 2.28. The number of benzene rings is 1. The minimum absolute atomic E-state index is 0.252. The van der Waals surface area contributed by atoms with Crippen LogP contribution in [-0.2, 0) is 4.79 Å². The second-order valence-corrected chi connectivity index (χ2v) is 6.42. The quantitative estimate of drug-likeness (QED) is 0.933. The number of nitrogens with two attached hydrogens (primary N) is 1. The van der Waals surface area contributed by atoms with Gasteiger partial charge in [0.1, 0.15) is 5.82 Å². The van der Waals surface area contributed by atoms with E-state index in [9.17, 15) is 4.79 Å². The lowest BCUT2D eigenvalue weighted by Crippen LogP contribution is -2.37. The molecule has 1 atom stereocenters. The molecule has 0 aliphatic carbocycles. The molecule has 5 nitrogen and oxygen atoms in total. The topological polar surface area (TPSA) is 72.1 Å². The van der Waals surface area contributed by atoms with Gasteiger partial charge in [-0.2, -0.15) is 0 Å². The molecule has 0 spiro atoms. The molecule has 1 amide bonds. The van der Waals surface area contributed by atoms with Gasteiger partial charge in [0.2, 0.25) is 5.91 Å². The Morgan fingerprint density at radius 3 is 2.77 bits per heavy atom. The standard InChI is InChI=1S/C15H16Cl2N4O/c16-10-5-12-13(6-11(10)17)20-15(7-19-12)21-3-1-2-9(8-21)4-14(18)22/h5-7,9H,1-4,8H2,(H2,18,22)/t9-/m0/s1. The Morgan fingerprint density at radius 1 is 1.32 bits per heavy atom. The van der Waals surface area contributed by atoms with Gasteiger partial charge in [0, 0.05) is 19.5 Å². The Balaban J connectivity index is 1.86. The van der Waals surface area contributed by atoms with Crippen LogP contribution in [0.4, 0.5) is 5.82 Å². The number of hydrogen-bond acceptors (Lipinski definition) is 4. The second-order valence-electron chi connectivity index (χ2n) is 5.61. The molecule has 1 aliphatic heterocycles. The monoisotopic (exact) mass is 338 g/mol. The minimum Gasteiger partial charge on any atom is -0.370 e. The molecule has 1 aliphatic rings. The lowest BCUT2D eigenvalue weighted by Gasteiger charge is -2.33. The van der Waals surface area contributed by atoms with Crippen molar-refractivity contribution >= 4 is 46.0 Å². The minimum atomic E-state index is -0.252. The summed E-state index contributed by atoms with van der Waals surface area (Å²) in [5, 5.41) is 0.932. The van der Waals surface area contributed by atoms with Crippen molar-refractivity contribution in [3.05, 3.63) is 28.4 Å². The summed E-state index contributed by atoms with van der Waals surface area (Å²) in [6, 6.07) is 3.43. The third-order valence-corrected chi connectivity index (χ3v) is 4.63. The summed E-state index contributed by atoms with van der Waals surface area (Å²) in [7, 11) is 0. The number of piperidine rings is 1. The molecule has 22 heavy (non-hydrogen) atoms. The average Bonchev–Trinajstić information content (AvgIpc) is 2.47. The van der Waals surface area contributed by atoms with Gasteiger partial charge in [-0.25, -0.2) is 4.98 Å². The molecule has 0 bridgehead atoms. The average molecular weight is 339 g/mol. The number of hydrogen-bond donors (Lipinski definition) is 1. The first-order chi connectivity index (χ1) is 10.5. The first-order valence-electron chi connectivity index (χ1n) is 7.18. The van der Waals surface area contributed by atoms with Crippen molar-refractivity contribution in [3.8, 4) is 0 Å². The second kappa shape index (κ2) is 6.26. The van der Waals surface area contributed by atoms with Gasteiger partial charge in [0.15, 0.2) is 0 Å². The van der Waals surface area contributed by atoms with Crippen LogP contribution >= 0.6 is 23.2 Å². The lowest BCUT2D eigenvalue weighted by atomic mass is 9.94. The van der Waals surface area contributed by atoms with Crippen molar-refractivity contribution < 1.29 is 4.79 Å². The summed E-state index contributed by atoms with van der Waals surface area (Å²) in [5.74, 6) is 0.815. The zero-order valence-electron chi connectivity index (χ0n) is 11.9. The van der Waals surface area contributed by atoms with Crippen LogP contribution in [0.3, 0.4) is 0 Å². The van der Waals surface area contributed by atoms with E-state index in [4.69, 9.17) is 28.9 Å². The van der Waals surface area contributed by atoms with E-state index in [0.717, 1.165) is 31.7 Å². The van der Waals surface area contributed by atoms with Gasteiger partial charge in [-0.1, -0.05) is 23.2 Å². The van der Waals surface area contributed by atoms with Crippen LogP contribution in [0, 0.1) is 5.92 Å². The first-order valence-corrected chi connectivity index (χ1v) is 7.93. The van der Waals surface area contributed by atoms with E-state index in [1.807, 2.05) is 0 Å². The maximum Gasteiger partial charge on any atom is 0.217 e. The van der Waals surface area contributed by atoms with Crippen LogP contribution in [-0.4, -0.2) is 29.0 Å². The Bertz CT molecular complexity index is 722. The molecule has 1 fully saturated rings. The van der Waals surface area contributed by atoms with Crippen LogP contribution in [0.25, 0.3) is 11.0 Å². The summed E-state index contributed by atoms with van der Waals surface area (Å²) in [4.78, 5) is 22.3. The fraction of sp³-hybridized carbons (Fsp3) is 0.400. The normalized spacial score (nSPS) is 18.6. The highest BCUT2D eigenvalue weighted by Gasteiger charge is 2.22. The van der Waals surface area contributed by atoms with Crippen LogP contribution in [0.15, 0.2) is 18.3 Å². The van der Waals surface area contributed by atoms with Gasteiger partial charge in [0.25, 0.3) is 0 Å². The number of aromatic nitrogens is 2. The van der Waals surface area contributed by atoms with Crippen LogP contribution in [0.1, 0.15) is 19.3 Å². The summed E-state index contributed by atoms with van der Waals surface area (Å²) in [6.45, 7) is 1.67. The molecule has 1 aromatic heterocycles. The molecule has 3 rings (SSSR count). The number of amides is 1. The number of anilines is 1. The fourth-order valence-corrected chi connectivity index (χ4v) is 3.19. The van der Waals surface area contributed by atoms with E-state index in [2.05, 4.69) is 14.9 Å². The number of rotatable bonds is 3. The summed E-state index contributed by atoms with van der Waals surface area (Å²) < 4.78 is 0. The molecule has 0 radical (unpaired) electrons. The molecule has 0 unspecified atom stereocenters. The molecule has 1 saturated heterocycles. The molecule has 0 saturated carbocycles. The molecule has 116 valence electrons. The van der Waals surface area contributed by atoms with Crippen molar-refractivity contribution in [2.45, 2.75) is 19.3 Å². The van der Waals surface area contributed by atoms with Crippen molar-refractivity contribution in [1.82, 2.24) is 9.97 Å². The summed E-state index contributed by atoms with van der Waals surface area (Å²) in [5.41, 5.74) is 6.72. The molecule has 2 N–H and O–H groups in total. The van der Waals surface area contributed by atoms with Crippen LogP contribution in [0.5, 0.6) is 0 Å². The molecular weight excluding hydrogens is 323 g/mol. The molecule has 2 heterocycles. The SMILES string of the molecule is NC(=O)C[C@@H]1CCCN(c2cnc3cc(Cl)c(Cl)cc3n2)C1. The fourth-order valence-electron chi connectivity index (χ4n) is 2.87. The zero-order chi connectivity index (χ0) is 15.7. The highest BCUT2D eigenvalue weighted by molar-refractivity contribution is 6.42. The predicted molar refractivity (Wildman–Crippen MR) is 88.3 cm³/mol. The van der Waals surface area contributed by atoms with Crippen molar-refractivity contribution in [1.29, 1.82) is 0 Å². The van der Waals surface area contributed by atoms with E-state index in [1.165, 1.54) is 0 Å². The van der Waals surface area contributed by atoms with E-state index in [-0.39, 0.29) is 11.8 Å². The van der Waals surface area contributed by atoms with E-state index in [0.29, 0.717) is 27.5 Å². The van der Waals surface area contributed by atoms with Gasteiger partial charge >= 0.3 is 0 Å². The van der Waals surface area contributed by atoms with Crippen LogP contribution < -0.4 is 10.6 Å². The number of primary amides is 1. The van der Waals surface area contributed by atoms with Gasteiger partial charge in [-0.05, 0) is 30.9 Å². The van der Waals surface area contributed by atoms with E-state index in [1.54, 1.807) is 18.3 Å². The van der Waals surface area contributed by atoms with Gasteiger partial charge in [-0.3, -0.25) is 9.78 Å². The summed E-state index contributed by atoms with van der Waals surface area (Å²) >= 11 is 12.0. The smallest absolute Gasteiger partial charge is 0.217 e. The van der Waals surface area contributed by atoms with E-state index < -0.39 is 0 Å². The van der Waals surface area contributed by atoms with Crippen molar-refractivity contribution in [3.63, 3.8) is 0 Å². The predicted octanol–water partition coefficient (Wildman–Crippen LogP) is 3.03. The Labute approximate surface area is 138 Å². The number of halogens is 2. The molecule has 1 aromatic carbocycles. The van der Waals surface area contributed by atoms with Gasteiger partial charge in [0.05, 0.1) is 27.3 Å². The third kappa shape index (κ3) is 3.25. The van der Waals surface area contributed by atoms with Gasteiger partial charge < -0.3 is 10.6 Å². The number of carbonyl (C=O) groups excluding carboxylic acids is 1. The van der Waals surface area contributed by atoms with Crippen LogP contribution in [0.2, 0.25) is 10.0 Å². The number of carbonyl (C=O) groups is 1. The molecule has 7 heteroatoms. The maximum atomic E-state index is 11.1. The molecular formula is C15H16Cl2N4O. The molecule has 2 aromatic rings. The van der Waals surface area contributed by atoms with E-state index >= 15 is 0 Å². The van der Waals surface area contributed by atoms with Crippen molar-refractivity contribution in [2.75, 3.05) is 18.0 Å². The number of fused-ring (bicyclic) bond motifs is 1.